The highest BCUT2D eigenvalue weighted by Crippen LogP contribution is 2.18. The normalized spacial score (nSPS) is 10.1. The number of nitrogens with zero attached hydrogens (tertiary/aromatic N) is 4. The number of hydrogen-bond donors (Lipinski definition) is 1. The minimum Gasteiger partial charge on any atom is -0.365 e. The summed E-state index contributed by atoms with van der Waals surface area (Å²) < 4.78 is 1.69. The Balaban J connectivity index is 2.22. The summed E-state index contributed by atoms with van der Waals surface area (Å²) in [6.07, 6.45) is 3.60. The minimum atomic E-state index is 0.596. The van der Waals surface area contributed by atoms with Crippen LogP contribution in [0.15, 0.2) is 18.5 Å². The lowest BCUT2D eigenvalue weighted by Gasteiger charge is -2.08. The Labute approximate surface area is 106 Å². The molecule has 0 aromatic carbocycles. The van der Waals surface area contributed by atoms with Gasteiger partial charge < -0.3 is 5.32 Å². The van der Waals surface area contributed by atoms with E-state index in [1.807, 2.05) is 33.2 Å². The van der Waals surface area contributed by atoms with Gasteiger partial charge in [0.1, 0.15) is 17.5 Å². The second-order valence-electron chi connectivity index (χ2n) is 4.20. The van der Waals surface area contributed by atoms with Gasteiger partial charge in [-0.1, -0.05) is 0 Å². The number of nitriles is 1. The lowest BCUT2D eigenvalue weighted by Crippen LogP contribution is -2.07. The number of hydrogen-bond acceptors (Lipinski definition) is 4. The van der Waals surface area contributed by atoms with Crippen molar-refractivity contribution >= 4 is 5.82 Å². The lowest BCUT2D eigenvalue weighted by molar-refractivity contribution is 0.757. The SMILES string of the molecule is Cc1ccncc1CNc1c(C#N)c(C)nn1C. The molecule has 0 atom stereocenters. The maximum absolute atomic E-state index is 9.11. The molecule has 2 heterocycles. The first kappa shape index (κ1) is 12.1. The molecule has 0 saturated carbocycles. The Morgan fingerprint density at radius 1 is 1.44 bits per heavy atom. The molecular formula is C13H15N5. The second kappa shape index (κ2) is 4.88. The molecule has 0 aliphatic heterocycles. The van der Waals surface area contributed by atoms with Crippen LogP contribution in [0.3, 0.4) is 0 Å². The molecule has 0 bridgehead atoms. The van der Waals surface area contributed by atoms with Crippen LogP contribution in [-0.2, 0) is 13.6 Å². The van der Waals surface area contributed by atoms with E-state index in [4.69, 9.17) is 5.26 Å². The van der Waals surface area contributed by atoms with E-state index in [0.29, 0.717) is 12.1 Å². The molecule has 2 rings (SSSR count). The summed E-state index contributed by atoms with van der Waals surface area (Å²) in [5.41, 5.74) is 3.62. The number of anilines is 1. The fourth-order valence-corrected chi connectivity index (χ4v) is 1.86. The van der Waals surface area contributed by atoms with Gasteiger partial charge in [-0.25, -0.2) is 0 Å². The molecule has 5 heteroatoms. The zero-order valence-electron chi connectivity index (χ0n) is 10.7. The Morgan fingerprint density at radius 3 is 2.89 bits per heavy atom. The van der Waals surface area contributed by atoms with Gasteiger partial charge in [0.25, 0.3) is 0 Å². The third-order valence-corrected chi connectivity index (χ3v) is 2.93. The summed E-state index contributed by atoms with van der Waals surface area (Å²) in [6, 6.07) is 4.14. The van der Waals surface area contributed by atoms with Gasteiger partial charge in [0, 0.05) is 26.0 Å². The maximum Gasteiger partial charge on any atom is 0.142 e. The zero-order chi connectivity index (χ0) is 13.1. The first-order valence-corrected chi connectivity index (χ1v) is 5.70. The van der Waals surface area contributed by atoms with Crippen molar-refractivity contribution in [2.75, 3.05) is 5.32 Å². The van der Waals surface area contributed by atoms with Crippen molar-refractivity contribution in [3.05, 3.63) is 40.8 Å². The molecule has 0 amide bonds. The van der Waals surface area contributed by atoms with Crippen LogP contribution in [0, 0.1) is 25.2 Å². The Hall–Kier alpha value is -2.35. The van der Waals surface area contributed by atoms with Gasteiger partial charge in [-0.15, -0.1) is 0 Å². The lowest BCUT2D eigenvalue weighted by atomic mass is 10.1. The van der Waals surface area contributed by atoms with E-state index in [-0.39, 0.29) is 0 Å². The van der Waals surface area contributed by atoms with E-state index in [1.54, 1.807) is 10.9 Å². The molecule has 2 aromatic heterocycles. The first-order chi connectivity index (χ1) is 8.63. The molecule has 0 aliphatic rings. The standard InChI is InChI=1S/C13H15N5/c1-9-4-5-15-7-11(9)8-16-13-12(6-14)10(2)17-18(13)3/h4-5,7,16H,8H2,1-3H3. The van der Waals surface area contributed by atoms with E-state index < -0.39 is 0 Å². The second-order valence-corrected chi connectivity index (χ2v) is 4.20. The summed E-state index contributed by atoms with van der Waals surface area (Å²) in [4.78, 5) is 4.10. The summed E-state index contributed by atoms with van der Waals surface area (Å²) >= 11 is 0. The van der Waals surface area contributed by atoms with E-state index in [2.05, 4.69) is 21.5 Å². The van der Waals surface area contributed by atoms with Gasteiger partial charge in [0.15, 0.2) is 0 Å². The highest BCUT2D eigenvalue weighted by Gasteiger charge is 2.12. The predicted molar refractivity (Wildman–Crippen MR) is 69.0 cm³/mol. The van der Waals surface area contributed by atoms with Crippen LogP contribution in [0.5, 0.6) is 0 Å². The highest BCUT2D eigenvalue weighted by molar-refractivity contribution is 5.55. The summed E-state index contributed by atoms with van der Waals surface area (Å²) in [7, 11) is 1.83. The van der Waals surface area contributed by atoms with Crippen LogP contribution in [0.4, 0.5) is 5.82 Å². The van der Waals surface area contributed by atoms with Gasteiger partial charge in [0.05, 0.1) is 5.69 Å². The van der Waals surface area contributed by atoms with Gasteiger partial charge in [-0.05, 0) is 31.0 Å². The van der Waals surface area contributed by atoms with Gasteiger partial charge in [-0.3, -0.25) is 9.67 Å². The molecule has 5 nitrogen and oxygen atoms in total. The van der Waals surface area contributed by atoms with Crippen LogP contribution >= 0.6 is 0 Å². The summed E-state index contributed by atoms with van der Waals surface area (Å²) in [5.74, 6) is 0.748. The van der Waals surface area contributed by atoms with Crippen molar-refractivity contribution in [2.24, 2.45) is 7.05 Å². The molecule has 2 aromatic rings. The minimum absolute atomic E-state index is 0.596. The van der Waals surface area contributed by atoms with Crippen LogP contribution in [0.1, 0.15) is 22.4 Å². The van der Waals surface area contributed by atoms with Crippen molar-refractivity contribution in [3.63, 3.8) is 0 Å². The number of nitrogens with one attached hydrogen (secondary N) is 1. The maximum atomic E-state index is 9.11. The van der Waals surface area contributed by atoms with E-state index >= 15 is 0 Å². The van der Waals surface area contributed by atoms with Crippen molar-refractivity contribution in [3.8, 4) is 6.07 Å². The highest BCUT2D eigenvalue weighted by atomic mass is 15.3. The van der Waals surface area contributed by atoms with Crippen LogP contribution in [0.25, 0.3) is 0 Å². The van der Waals surface area contributed by atoms with Crippen molar-refractivity contribution in [1.29, 1.82) is 5.26 Å². The molecule has 0 aliphatic carbocycles. The number of rotatable bonds is 3. The zero-order valence-corrected chi connectivity index (χ0v) is 10.7. The average molecular weight is 241 g/mol. The fourth-order valence-electron chi connectivity index (χ4n) is 1.86. The Morgan fingerprint density at radius 2 is 2.22 bits per heavy atom. The third-order valence-electron chi connectivity index (χ3n) is 2.93. The largest absolute Gasteiger partial charge is 0.365 e. The third kappa shape index (κ3) is 2.18. The van der Waals surface area contributed by atoms with Crippen molar-refractivity contribution in [1.82, 2.24) is 14.8 Å². The van der Waals surface area contributed by atoms with Crippen LogP contribution in [-0.4, -0.2) is 14.8 Å². The molecule has 0 radical (unpaired) electrons. The molecule has 0 unspecified atom stereocenters. The van der Waals surface area contributed by atoms with Gasteiger partial charge in [0.2, 0.25) is 0 Å². The smallest absolute Gasteiger partial charge is 0.142 e. The quantitative estimate of drug-likeness (QED) is 0.891. The molecule has 0 saturated heterocycles. The topological polar surface area (TPSA) is 66.5 Å². The average Bonchev–Trinajstić information content (AvgIpc) is 2.62. The molecular weight excluding hydrogens is 226 g/mol. The molecule has 92 valence electrons. The first-order valence-electron chi connectivity index (χ1n) is 5.70. The van der Waals surface area contributed by atoms with E-state index in [1.165, 1.54) is 5.56 Å². The summed E-state index contributed by atoms with van der Waals surface area (Å²) in [6.45, 7) is 4.50. The van der Waals surface area contributed by atoms with Crippen LogP contribution in [0.2, 0.25) is 0 Å². The molecule has 0 fully saturated rings. The number of aromatic nitrogens is 3. The van der Waals surface area contributed by atoms with Gasteiger partial charge >= 0.3 is 0 Å². The number of pyridine rings is 1. The van der Waals surface area contributed by atoms with Crippen molar-refractivity contribution in [2.45, 2.75) is 20.4 Å². The van der Waals surface area contributed by atoms with E-state index in [0.717, 1.165) is 17.1 Å². The van der Waals surface area contributed by atoms with E-state index in [9.17, 15) is 0 Å². The van der Waals surface area contributed by atoms with Gasteiger partial charge in [-0.2, -0.15) is 10.4 Å². The summed E-state index contributed by atoms with van der Waals surface area (Å²) in [5, 5.41) is 16.6. The van der Waals surface area contributed by atoms with Crippen LogP contribution < -0.4 is 5.32 Å². The molecule has 1 N–H and O–H groups in total. The van der Waals surface area contributed by atoms with Crippen molar-refractivity contribution < 1.29 is 0 Å². The monoisotopic (exact) mass is 241 g/mol. The predicted octanol–water partition coefficient (Wildman–Crippen LogP) is 1.92. The molecule has 0 spiro atoms. The Bertz CT molecular complexity index is 606. The molecule has 18 heavy (non-hydrogen) atoms. The fraction of sp³-hybridized carbons (Fsp3) is 0.308. The number of aryl methyl sites for hydroxylation is 3. The Kier molecular flexibility index (Phi) is 3.28.